The van der Waals surface area contributed by atoms with E-state index in [-0.39, 0.29) is 10.5 Å². The monoisotopic (exact) mass is 423 g/mol. The fourth-order valence-electron chi connectivity index (χ4n) is 3.72. The molecule has 0 spiro atoms. The van der Waals surface area contributed by atoms with Crippen LogP contribution in [0.2, 0.25) is 0 Å². The van der Waals surface area contributed by atoms with E-state index in [1.165, 1.54) is 16.8 Å². The third-order valence-electron chi connectivity index (χ3n) is 5.22. The van der Waals surface area contributed by atoms with E-state index in [0.29, 0.717) is 11.1 Å². The minimum Gasteiger partial charge on any atom is -0.497 e. The molecule has 8 heteroatoms. The molecule has 0 bridgehead atoms. The highest BCUT2D eigenvalue weighted by Gasteiger charge is 2.18. The van der Waals surface area contributed by atoms with Gasteiger partial charge in [0, 0.05) is 34.8 Å². The first kappa shape index (κ1) is 19.9. The highest BCUT2D eigenvalue weighted by Crippen LogP contribution is 2.28. The van der Waals surface area contributed by atoms with Crippen LogP contribution in [-0.2, 0) is 9.84 Å². The molecule has 30 heavy (non-hydrogen) atoms. The second-order valence-electron chi connectivity index (χ2n) is 7.12. The van der Waals surface area contributed by atoms with Crippen LogP contribution in [0.5, 0.6) is 5.75 Å². The van der Waals surface area contributed by atoms with Crippen molar-refractivity contribution in [1.82, 2.24) is 14.3 Å². The van der Waals surface area contributed by atoms with Crippen LogP contribution >= 0.6 is 0 Å². The van der Waals surface area contributed by atoms with Gasteiger partial charge >= 0.3 is 0 Å². The SMILES string of the molecule is COc1cccc(-n2c(C)c3cnn(-c4ccc(S(C)(=O)=O)cc4)c(=O)c3c2C)c1. The van der Waals surface area contributed by atoms with Gasteiger partial charge < -0.3 is 9.30 Å². The van der Waals surface area contributed by atoms with Crippen molar-refractivity contribution in [3.63, 3.8) is 0 Å². The van der Waals surface area contributed by atoms with Gasteiger partial charge in [0.15, 0.2) is 9.84 Å². The minimum absolute atomic E-state index is 0.191. The van der Waals surface area contributed by atoms with Crippen LogP contribution in [0.15, 0.2) is 64.4 Å². The van der Waals surface area contributed by atoms with Crippen LogP contribution in [0.4, 0.5) is 0 Å². The number of hydrogen-bond donors (Lipinski definition) is 0. The summed E-state index contributed by atoms with van der Waals surface area (Å²) in [6, 6.07) is 13.7. The predicted octanol–water partition coefficient (Wildman–Crippen LogP) is 3.21. The van der Waals surface area contributed by atoms with Gasteiger partial charge in [0.2, 0.25) is 0 Å². The smallest absolute Gasteiger partial charge is 0.281 e. The molecule has 0 unspecified atom stereocenters. The number of rotatable bonds is 4. The molecule has 4 rings (SSSR count). The number of nitrogens with zero attached hydrogens (tertiary/aromatic N) is 3. The maximum atomic E-state index is 13.3. The molecule has 0 N–H and O–H groups in total. The van der Waals surface area contributed by atoms with Gasteiger partial charge in [-0.3, -0.25) is 4.79 Å². The first-order valence-electron chi connectivity index (χ1n) is 9.27. The molecular formula is C22H21N3O4S. The van der Waals surface area contributed by atoms with Crippen molar-refractivity contribution >= 4 is 20.6 Å². The lowest BCUT2D eigenvalue weighted by Crippen LogP contribution is -2.21. The first-order chi connectivity index (χ1) is 14.2. The van der Waals surface area contributed by atoms with Crippen LogP contribution in [0.25, 0.3) is 22.1 Å². The molecule has 154 valence electrons. The Labute approximate surface area is 174 Å². The van der Waals surface area contributed by atoms with E-state index in [0.717, 1.165) is 34.5 Å². The molecule has 0 aliphatic heterocycles. The van der Waals surface area contributed by atoms with Crippen molar-refractivity contribution < 1.29 is 13.2 Å². The average molecular weight is 423 g/mol. The van der Waals surface area contributed by atoms with Crippen LogP contribution in [0.1, 0.15) is 11.4 Å². The van der Waals surface area contributed by atoms with Gasteiger partial charge in [0.1, 0.15) is 5.75 Å². The molecule has 4 aromatic rings. The number of fused-ring (bicyclic) bond motifs is 1. The van der Waals surface area contributed by atoms with E-state index in [1.807, 2.05) is 42.7 Å². The van der Waals surface area contributed by atoms with E-state index in [4.69, 9.17) is 4.74 Å². The topological polar surface area (TPSA) is 83.2 Å². The van der Waals surface area contributed by atoms with Gasteiger partial charge in [-0.25, -0.2) is 8.42 Å². The van der Waals surface area contributed by atoms with Crippen molar-refractivity contribution in [2.45, 2.75) is 18.7 Å². The minimum atomic E-state index is -3.31. The Morgan fingerprint density at radius 3 is 2.30 bits per heavy atom. The van der Waals surface area contributed by atoms with Gasteiger partial charge in [-0.05, 0) is 50.2 Å². The highest BCUT2D eigenvalue weighted by molar-refractivity contribution is 7.90. The zero-order chi connectivity index (χ0) is 21.6. The molecule has 0 fully saturated rings. The van der Waals surface area contributed by atoms with Crippen LogP contribution in [-0.4, -0.2) is 36.1 Å². The number of aromatic nitrogens is 3. The molecule has 0 atom stereocenters. The molecule has 0 saturated heterocycles. The standard InChI is InChI=1S/C22H21N3O4S/c1-14-20-13-23-25(16-8-10-19(11-9-16)30(4,27)28)22(26)21(20)15(2)24(14)17-6-5-7-18(12-17)29-3/h5-13H,1-4H3. The van der Waals surface area contributed by atoms with Gasteiger partial charge in [-0.2, -0.15) is 9.78 Å². The van der Waals surface area contributed by atoms with Gasteiger partial charge in [0.25, 0.3) is 5.56 Å². The lowest BCUT2D eigenvalue weighted by molar-refractivity contribution is 0.414. The molecule has 2 heterocycles. The Bertz CT molecular complexity index is 1430. The Balaban J connectivity index is 1.91. The van der Waals surface area contributed by atoms with E-state index in [1.54, 1.807) is 25.4 Å². The summed E-state index contributed by atoms with van der Waals surface area (Å²) in [5, 5.41) is 5.66. The Hall–Kier alpha value is -3.39. The van der Waals surface area contributed by atoms with Crippen LogP contribution < -0.4 is 10.3 Å². The summed E-state index contributed by atoms with van der Waals surface area (Å²) in [7, 11) is -1.70. The molecule has 0 aliphatic carbocycles. The number of benzene rings is 2. The fourth-order valence-corrected chi connectivity index (χ4v) is 4.35. The normalized spacial score (nSPS) is 11.7. The first-order valence-corrected chi connectivity index (χ1v) is 11.2. The summed E-state index contributed by atoms with van der Waals surface area (Å²) < 4.78 is 32.0. The Morgan fingerprint density at radius 1 is 0.967 bits per heavy atom. The maximum Gasteiger partial charge on any atom is 0.281 e. The quantitative estimate of drug-likeness (QED) is 0.503. The van der Waals surface area contributed by atoms with Gasteiger partial charge in [-0.15, -0.1) is 0 Å². The Kier molecular flexibility index (Phi) is 4.74. The molecule has 0 amide bonds. The fraction of sp³-hybridized carbons (Fsp3) is 0.182. The molecule has 7 nitrogen and oxygen atoms in total. The number of methoxy groups -OCH3 is 1. The zero-order valence-corrected chi connectivity index (χ0v) is 17.9. The van der Waals surface area contributed by atoms with Crippen molar-refractivity contribution in [3.05, 3.63) is 76.5 Å². The highest BCUT2D eigenvalue weighted by atomic mass is 32.2. The Morgan fingerprint density at radius 2 is 1.67 bits per heavy atom. The van der Waals surface area contributed by atoms with Crippen molar-refractivity contribution in [2.75, 3.05) is 13.4 Å². The zero-order valence-electron chi connectivity index (χ0n) is 17.1. The van der Waals surface area contributed by atoms with Gasteiger partial charge in [0.05, 0.1) is 29.3 Å². The molecule has 0 aliphatic rings. The molecular weight excluding hydrogens is 402 g/mol. The van der Waals surface area contributed by atoms with Gasteiger partial charge in [-0.1, -0.05) is 6.07 Å². The predicted molar refractivity (Wildman–Crippen MR) is 116 cm³/mol. The second kappa shape index (κ2) is 7.14. The number of aryl methyl sites for hydroxylation is 2. The second-order valence-corrected chi connectivity index (χ2v) is 9.14. The van der Waals surface area contributed by atoms with Crippen LogP contribution in [0.3, 0.4) is 0 Å². The van der Waals surface area contributed by atoms with Crippen LogP contribution in [0, 0.1) is 13.8 Å². The molecule has 0 radical (unpaired) electrons. The third-order valence-corrected chi connectivity index (χ3v) is 6.35. The summed E-state index contributed by atoms with van der Waals surface area (Å²) in [5.41, 5.74) is 2.83. The number of ether oxygens (including phenoxy) is 1. The molecule has 2 aromatic carbocycles. The summed E-state index contributed by atoms with van der Waals surface area (Å²) in [5.74, 6) is 0.727. The lowest BCUT2D eigenvalue weighted by Gasteiger charge is -2.10. The third kappa shape index (κ3) is 3.19. The van der Waals surface area contributed by atoms with Crippen molar-refractivity contribution in [3.8, 4) is 17.1 Å². The molecule has 0 saturated carbocycles. The average Bonchev–Trinajstić information content (AvgIpc) is 2.98. The van der Waals surface area contributed by atoms with E-state index < -0.39 is 9.84 Å². The van der Waals surface area contributed by atoms with Crippen molar-refractivity contribution in [2.24, 2.45) is 0 Å². The van der Waals surface area contributed by atoms with E-state index in [9.17, 15) is 13.2 Å². The van der Waals surface area contributed by atoms with Crippen molar-refractivity contribution in [1.29, 1.82) is 0 Å². The largest absolute Gasteiger partial charge is 0.497 e. The van der Waals surface area contributed by atoms with E-state index >= 15 is 0 Å². The summed E-state index contributed by atoms with van der Waals surface area (Å²) >= 11 is 0. The maximum absolute atomic E-state index is 13.3. The summed E-state index contributed by atoms with van der Waals surface area (Å²) in [6.07, 6.45) is 2.81. The lowest BCUT2D eigenvalue weighted by atomic mass is 10.2. The summed E-state index contributed by atoms with van der Waals surface area (Å²) in [6.45, 7) is 3.84. The molecule has 2 aromatic heterocycles. The number of hydrogen-bond acceptors (Lipinski definition) is 5. The summed E-state index contributed by atoms with van der Waals surface area (Å²) in [4.78, 5) is 13.5. The van der Waals surface area contributed by atoms with E-state index in [2.05, 4.69) is 5.10 Å². The number of sulfone groups is 1.